The Morgan fingerprint density at radius 2 is 1.78 bits per heavy atom. The van der Waals surface area contributed by atoms with Gasteiger partial charge < -0.3 is 0 Å². The molecule has 0 unspecified atom stereocenters. The summed E-state index contributed by atoms with van der Waals surface area (Å²) in [5, 5.41) is 0. The van der Waals surface area contributed by atoms with E-state index in [1.54, 1.807) is 0 Å². The zero-order valence-corrected chi connectivity index (χ0v) is 10.8. The van der Waals surface area contributed by atoms with Crippen LogP contribution in [0.3, 0.4) is 0 Å². The van der Waals surface area contributed by atoms with Gasteiger partial charge in [0.1, 0.15) is 0 Å². The molecule has 0 aliphatic rings. The molecule has 0 saturated heterocycles. The maximum Gasteiger partial charge on any atom is 0.234 e. The van der Waals surface area contributed by atoms with Crippen LogP contribution in [0.25, 0.3) is 17.0 Å². The zero-order valence-electron chi connectivity index (χ0n) is 10.8. The molecule has 2 aromatic heterocycles. The molecule has 0 N–H and O–H groups in total. The summed E-state index contributed by atoms with van der Waals surface area (Å²) in [5.41, 5.74) is 5.54. The molecule has 1 aromatic carbocycles. The van der Waals surface area contributed by atoms with E-state index in [0.29, 0.717) is 0 Å². The summed E-state index contributed by atoms with van der Waals surface area (Å²) in [6.07, 6.45) is 2.05. The lowest BCUT2D eigenvalue weighted by molar-refractivity contribution is 1.01. The second-order valence-electron chi connectivity index (χ2n) is 4.65. The molecule has 0 bridgehead atoms. The summed E-state index contributed by atoms with van der Waals surface area (Å²) in [7, 11) is 0. The molecule has 18 heavy (non-hydrogen) atoms. The topological polar surface area (TPSA) is 30.2 Å². The first-order chi connectivity index (χ1) is 8.65. The maximum absolute atomic E-state index is 4.62. The SMILES string of the molecule is Cc1cc(C)n2cc(-c3ccccc3C)nc2n1. The zero-order chi connectivity index (χ0) is 12.7. The van der Waals surface area contributed by atoms with Gasteiger partial charge in [-0.3, -0.25) is 4.40 Å². The van der Waals surface area contributed by atoms with E-state index >= 15 is 0 Å². The molecule has 90 valence electrons. The number of imidazole rings is 1. The Labute approximate surface area is 106 Å². The van der Waals surface area contributed by atoms with Crippen molar-refractivity contribution in [1.82, 2.24) is 14.4 Å². The molecule has 0 fully saturated rings. The molecule has 0 atom stereocenters. The fourth-order valence-corrected chi connectivity index (χ4v) is 2.26. The molecule has 3 nitrogen and oxygen atoms in total. The van der Waals surface area contributed by atoms with Crippen molar-refractivity contribution >= 4 is 5.78 Å². The fraction of sp³-hybridized carbons (Fsp3) is 0.200. The summed E-state index contributed by atoms with van der Waals surface area (Å²) >= 11 is 0. The molecule has 2 heterocycles. The Hall–Kier alpha value is -2.16. The lowest BCUT2D eigenvalue weighted by atomic mass is 10.1. The van der Waals surface area contributed by atoms with Gasteiger partial charge in [0.25, 0.3) is 0 Å². The van der Waals surface area contributed by atoms with Gasteiger partial charge in [-0.05, 0) is 32.4 Å². The van der Waals surface area contributed by atoms with E-state index in [1.807, 2.05) is 23.5 Å². The molecule has 0 aliphatic carbocycles. The van der Waals surface area contributed by atoms with Crippen molar-refractivity contribution in [3.63, 3.8) is 0 Å². The number of hydrogen-bond donors (Lipinski definition) is 0. The Balaban J connectivity index is 2.26. The molecular weight excluding hydrogens is 222 g/mol. The lowest BCUT2D eigenvalue weighted by Gasteiger charge is -2.00. The minimum atomic E-state index is 0.769. The van der Waals surface area contributed by atoms with Crippen molar-refractivity contribution in [2.75, 3.05) is 0 Å². The number of benzene rings is 1. The molecule has 3 rings (SSSR count). The standard InChI is InChI=1S/C15H15N3/c1-10-6-4-5-7-13(10)14-9-18-12(3)8-11(2)16-15(18)17-14/h4-9H,1-3H3. The number of hydrogen-bond acceptors (Lipinski definition) is 2. The first-order valence-electron chi connectivity index (χ1n) is 6.04. The lowest BCUT2D eigenvalue weighted by Crippen LogP contribution is -1.94. The quantitative estimate of drug-likeness (QED) is 0.650. The first-order valence-corrected chi connectivity index (χ1v) is 6.04. The van der Waals surface area contributed by atoms with Crippen LogP contribution in [-0.4, -0.2) is 14.4 Å². The van der Waals surface area contributed by atoms with Gasteiger partial charge in [0.05, 0.1) is 5.69 Å². The van der Waals surface area contributed by atoms with Gasteiger partial charge in [0.15, 0.2) is 0 Å². The number of fused-ring (bicyclic) bond motifs is 1. The smallest absolute Gasteiger partial charge is 0.234 e. The summed E-state index contributed by atoms with van der Waals surface area (Å²) in [6.45, 7) is 6.17. The summed E-state index contributed by atoms with van der Waals surface area (Å²) < 4.78 is 2.04. The summed E-state index contributed by atoms with van der Waals surface area (Å²) in [6, 6.07) is 10.3. The number of nitrogens with zero attached hydrogens (tertiary/aromatic N) is 3. The van der Waals surface area contributed by atoms with E-state index in [1.165, 1.54) is 11.1 Å². The molecule has 0 saturated carbocycles. The van der Waals surface area contributed by atoms with Crippen molar-refractivity contribution in [2.24, 2.45) is 0 Å². The molecule has 0 spiro atoms. The van der Waals surface area contributed by atoms with Crippen LogP contribution in [-0.2, 0) is 0 Å². The summed E-state index contributed by atoms with van der Waals surface area (Å²) in [5.74, 6) is 0.769. The Morgan fingerprint density at radius 3 is 2.56 bits per heavy atom. The maximum atomic E-state index is 4.62. The van der Waals surface area contributed by atoms with Crippen LogP contribution in [0.15, 0.2) is 36.5 Å². The molecule has 3 aromatic rings. The van der Waals surface area contributed by atoms with Crippen LogP contribution in [0.2, 0.25) is 0 Å². The van der Waals surface area contributed by atoms with E-state index in [-0.39, 0.29) is 0 Å². The van der Waals surface area contributed by atoms with E-state index in [4.69, 9.17) is 0 Å². The molecular formula is C15H15N3. The van der Waals surface area contributed by atoms with E-state index in [9.17, 15) is 0 Å². The van der Waals surface area contributed by atoms with Crippen LogP contribution in [0.5, 0.6) is 0 Å². The molecule has 0 aliphatic heterocycles. The van der Waals surface area contributed by atoms with Gasteiger partial charge in [-0.25, -0.2) is 9.97 Å². The highest BCUT2D eigenvalue weighted by Crippen LogP contribution is 2.22. The second kappa shape index (κ2) is 3.95. The van der Waals surface area contributed by atoms with Crippen LogP contribution < -0.4 is 0 Å². The van der Waals surface area contributed by atoms with Crippen LogP contribution in [0.1, 0.15) is 17.0 Å². The van der Waals surface area contributed by atoms with E-state index in [2.05, 4.69) is 48.2 Å². The summed E-state index contributed by atoms with van der Waals surface area (Å²) in [4.78, 5) is 9.08. The number of aromatic nitrogens is 3. The van der Waals surface area contributed by atoms with Crippen molar-refractivity contribution < 1.29 is 0 Å². The third-order valence-corrected chi connectivity index (χ3v) is 3.18. The Bertz CT molecular complexity index is 726. The average Bonchev–Trinajstić information content (AvgIpc) is 2.73. The van der Waals surface area contributed by atoms with Gasteiger partial charge in [-0.2, -0.15) is 0 Å². The van der Waals surface area contributed by atoms with E-state index in [0.717, 1.165) is 22.9 Å². The Morgan fingerprint density at radius 1 is 1.00 bits per heavy atom. The van der Waals surface area contributed by atoms with Crippen LogP contribution in [0.4, 0.5) is 0 Å². The minimum Gasteiger partial charge on any atom is -0.288 e. The van der Waals surface area contributed by atoms with Crippen molar-refractivity contribution in [1.29, 1.82) is 0 Å². The number of aryl methyl sites for hydroxylation is 3. The highest BCUT2D eigenvalue weighted by Gasteiger charge is 2.08. The highest BCUT2D eigenvalue weighted by atomic mass is 15.1. The van der Waals surface area contributed by atoms with Crippen molar-refractivity contribution in [2.45, 2.75) is 20.8 Å². The van der Waals surface area contributed by atoms with Crippen molar-refractivity contribution in [3.8, 4) is 11.3 Å². The fourth-order valence-electron chi connectivity index (χ4n) is 2.26. The van der Waals surface area contributed by atoms with Gasteiger partial charge in [-0.15, -0.1) is 0 Å². The third kappa shape index (κ3) is 1.68. The highest BCUT2D eigenvalue weighted by molar-refractivity contribution is 5.65. The van der Waals surface area contributed by atoms with E-state index < -0.39 is 0 Å². The Kier molecular flexibility index (Phi) is 2.40. The van der Waals surface area contributed by atoms with Gasteiger partial charge in [0, 0.05) is 23.1 Å². The first kappa shape index (κ1) is 11.0. The number of rotatable bonds is 1. The van der Waals surface area contributed by atoms with Crippen LogP contribution >= 0.6 is 0 Å². The monoisotopic (exact) mass is 237 g/mol. The normalized spacial score (nSPS) is 11.1. The van der Waals surface area contributed by atoms with Gasteiger partial charge >= 0.3 is 0 Å². The van der Waals surface area contributed by atoms with Crippen LogP contribution in [0, 0.1) is 20.8 Å². The second-order valence-corrected chi connectivity index (χ2v) is 4.65. The molecule has 0 radical (unpaired) electrons. The molecule has 3 heteroatoms. The van der Waals surface area contributed by atoms with Gasteiger partial charge in [0.2, 0.25) is 5.78 Å². The predicted octanol–water partition coefficient (Wildman–Crippen LogP) is 3.32. The largest absolute Gasteiger partial charge is 0.288 e. The third-order valence-electron chi connectivity index (χ3n) is 3.18. The predicted molar refractivity (Wildman–Crippen MR) is 72.6 cm³/mol. The molecule has 0 amide bonds. The van der Waals surface area contributed by atoms with Gasteiger partial charge in [-0.1, -0.05) is 24.3 Å². The van der Waals surface area contributed by atoms with Crippen molar-refractivity contribution in [3.05, 3.63) is 53.5 Å². The average molecular weight is 237 g/mol. The minimum absolute atomic E-state index is 0.769.